The SMILES string of the molecule is CCCC(NC(=O)/C=C/c1csc(C)n1)C(=O)O. The first kappa shape index (κ1) is 14.4. The zero-order valence-corrected chi connectivity index (χ0v) is 11.2. The van der Waals surface area contributed by atoms with E-state index < -0.39 is 17.9 Å². The number of amides is 1. The molecule has 2 N–H and O–H groups in total. The molecule has 0 aromatic carbocycles. The Balaban J connectivity index is 2.54. The van der Waals surface area contributed by atoms with E-state index in [0.717, 1.165) is 5.01 Å². The molecule has 6 heteroatoms. The first-order valence-electron chi connectivity index (χ1n) is 5.66. The third kappa shape index (κ3) is 4.67. The first-order valence-corrected chi connectivity index (χ1v) is 6.54. The summed E-state index contributed by atoms with van der Waals surface area (Å²) in [5.74, 6) is -1.43. The molecule has 1 rings (SSSR count). The van der Waals surface area contributed by atoms with Gasteiger partial charge < -0.3 is 10.4 Å². The van der Waals surface area contributed by atoms with Crippen LogP contribution in [0.15, 0.2) is 11.5 Å². The fraction of sp³-hybridized carbons (Fsp3) is 0.417. The number of aryl methyl sites for hydroxylation is 1. The predicted octanol–water partition coefficient (Wildman–Crippen LogP) is 1.83. The number of hydrogen-bond acceptors (Lipinski definition) is 4. The van der Waals surface area contributed by atoms with Gasteiger partial charge in [-0.1, -0.05) is 13.3 Å². The van der Waals surface area contributed by atoms with E-state index in [-0.39, 0.29) is 0 Å². The lowest BCUT2D eigenvalue weighted by molar-refractivity contribution is -0.141. The lowest BCUT2D eigenvalue weighted by Gasteiger charge is -2.11. The van der Waals surface area contributed by atoms with Gasteiger partial charge in [0.2, 0.25) is 5.91 Å². The van der Waals surface area contributed by atoms with Gasteiger partial charge in [0, 0.05) is 11.5 Å². The van der Waals surface area contributed by atoms with E-state index in [4.69, 9.17) is 5.11 Å². The molecule has 5 nitrogen and oxygen atoms in total. The Labute approximate surface area is 110 Å². The second-order valence-corrected chi connectivity index (χ2v) is 4.88. The van der Waals surface area contributed by atoms with Crippen LogP contribution in [-0.2, 0) is 9.59 Å². The Morgan fingerprint density at radius 1 is 1.61 bits per heavy atom. The van der Waals surface area contributed by atoms with Crippen molar-refractivity contribution in [1.82, 2.24) is 10.3 Å². The fourth-order valence-electron chi connectivity index (χ4n) is 1.38. The molecule has 18 heavy (non-hydrogen) atoms. The number of aromatic nitrogens is 1. The van der Waals surface area contributed by atoms with Gasteiger partial charge in [0.15, 0.2) is 0 Å². The molecule has 1 atom stereocenters. The van der Waals surface area contributed by atoms with Crippen molar-refractivity contribution in [1.29, 1.82) is 0 Å². The molecule has 1 aromatic rings. The minimum absolute atomic E-state index is 0.415. The number of thiazole rings is 1. The number of rotatable bonds is 6. The largest absolute Gasteiger partial charge is 0.480 e. The molecule has 0 spiro atoms. The molecule has 0 aliphatic rings. The van der Waals surface area contributed by atoms with E-state index in [2.05, 4.69) is 10.3 Å². The van der Waals surface area contributed by atoms with Crippen LogP contribution in [0.4, 0.5) is 0 Å². The van der Waals surface area contributed by atoms with E-state index in [1.807, 2.05) is 19.2 Å². The normalized spacial score (nSPS) is 12.6. The topological polar surface area (TPSA) is 79.3 Å². The number of carbonyl (C=O) groups is 2. The molecule has 1 heterocycles. The van der Waals surface area contributed by atoms with E-state index in [1.165, 1.54) is 17.4 Å². The number of nitrogens with zero attached hydrogens (tertiary/aromatic N) is 1. The summed E-state index contributed by atoms with van der Waals surface area (Å²) in [6, 6.07) is -0.829. The van der Waals surface area contributed by atoms with Crippen LogP contribution in [-0.4, -0.2) is 28.0 Å². The van der Waals surface area contributed by atoms with Crippen molar-refractivity contribution in [2.24, 2.45) is 0 Å². The van der Waals surface area contributed by atoms with E-state index >= 15 is 0 Å². The summed E-state index contributed by atoms with van der Waals surface area (Å²) < 4.78 is 0. The highest BCUT2D eigenvalue weighted by Crippen LogP contribution is 2.09. The molecule has 0 aliphatic heterocycles. The summed E-state index contributed by atoms with van der Waals surface area (Å²) in [6.45, 7) is 3.75. The number of hydrogen-bond donors (Lipinski definition) is 2. The molecule has 98 valence electrons. The Bertz CT molecular complexity index is 454. The number of nitrogens with one attached hydrogen (secondary N) is 1. The molecule has 1 amide bonds. The van der Waals surface area contributed by atoms with Gasteiger partial charge in [0.05, 0.1) is 10.7 Å². The smallest absolute Gasteiger partial charge is 0.326 e. The first-order chi connectivity index (χ1) is 8.52. The molecular weight excluding hydrogens is 252 g/mol. The molecule has 1 unspecified atom stereocenters. The van der Waals surface area contributed by atoms with Gasteiger partial charge in [-0.15, -0.1) is 11.3 Å². The average molecular weight is 268 g/mol. The predicted molar refractivity (Wildman–Crippen MR) is 70.4 cm³/mol. The third-order valence-corrected chi connectivity index (χ3v) is 3.03. The number of aliphatic carboxylic acids is 1. The molecule has 0 saturated heterocycles. The Morgan fingerprint density at radius 3 is 2.83 bits per heavy atom. The van der Waals surface area contributed by atoms with Crippen LogP contribution in [0, 0.1) is 6.92 Å². The van der Waals surface area contributed by atoms with Crippen LogP contribution in [0.2, 0.25) is 0 Å². The Kier molecular flexibility index (Phi) is 5.51. The second-order valence-electron chi connectivity index (χ2n) is 3.81. The van der Waals surface area contributed by atoms with Crippen molar-refractivity contribution in [3.8, 4) is 0 Å². The number of carboxylic acids is 1. The molecule has 0 aliphatic carbocycles. The van der Waals surface area contributed by atoms with Gasteiger partial charge in [0.25, 0.3) is 0 Å². The highest BCUT2D eigenvalue weighted by atomic mass is 32.1. The van der Waals surface area contributed by atoms with Crippen LogP contribution >= 0.6 is 11.3 Å². The highest BCUT2D eigenvalue weighted by Gasteiger charge is 2.17. The van der Waals surface area contributed by atoms with Crippen LogP contribution < -0.4 is 5.32 Å². The molecular formula is C12H16N2O3S. The summed E-state index contributed by atoms with van der Waals surface area (Å²) in [7, 11) is 0. The van der Waals surface area contributed by atoms with Gasteiger partial charge in [-0.25, -0.2) is 9.78 Å². The van der Waals surface area contributed by atoms with E-state index in [9.17, 15) is 9.59 Å². The van der Waals surface area contributed by atoms with Gasteiger partial charge in [-0.05, 0) is 19.4 Å². The molecule has 0 saturated carbocycles. The zero-order valence-electron chi connectivity index (χ0n) is 10.3. The summed E-state index contributed by atoms with van der Waals surface area (Å²) in [5, 5.41) is 14.1. The van der Waals surface area contributed by atoms with Crippen molar-refractivity contribution in [2.45, 2.75) is 32.7 Å². The third-order valence-electron chi connectivity index (χ3n) is 2.23. The van der Waals surface area contributed by atoms with Gasteiger partial charge >= 0.3 is 5.97 Å². The molecule has 0 fully saturated rings. The number of carboxylic acid groups (broad SMARTS) is 1. The van der Waals surface area contributed by atoms with Gasteiger partial charge in [-0.3, -0.25) is 4.79 Å². The van der Waals surface area contributed by atoms with Crippen LogP contribution in [0.1, 0.15) is 30.5 Å². The van der Waals surface area contributed by atoms with Crippen molar-refractivity contribution < 1.29 is 14.7 Å². The maximum atomic E-state index is 11.5. The summed E-state index contributed by atoms with van der Waals surface area (Å²) in [5.41, 5.74) is 0.704. The van der Waals surface area contributed by atoms with E-state index in [0.29, 0.717) is 18.5 Å². The van der Waals surface area contributed by atoms with Crippen LogP contribution in [0.3, 0.4) is 0 Å². The van der Waals surface area contributed by atoms with Crippen molar-refractivity contribution in [2.75, 3.05) is 0 Å². The highest BCUT2D eigenvalue weighted by molar-refractivity contribution is 7.09. The lowest BCUT2D eigenvalue weighted by Crippen LogP contribution is -2.39. The van der Waals surface area contributed by atoms with Crippen molar-refractivity contribution >= 4 is 29.3 Å². The summed E-state index contributed by atoms with van der Waals surface area (Å²) >= 11 is 1.49. The standard InChI is InChI=1S/C12H16N2O3S/c1-3-4-10(12(16)17)14-11(15)6-5-9-7-18-8(2)13-9/h5-7,10H,3-4H2,1-2H3,(H,14,15)(H,16,17)/b6-5+. The average Bonchev–Trinajstić information content (AvgIpc) is 2.72. The second kappa shape index (κ2) is 6.90. The van der Waals surface area contributed by atoms with Crippen LogP contribution in [0.25, 0.3) is 6.08 Å². The Hall–Kier alpha value is -1.69. The number of carbonyl (C=O) groups excluding carboxylic acids is 1. The minimum Gasteiger partial charge on any atom is -0.480 e. The van der Waals surface area contributed by atoms with E-state index in [1.54, 1.807) is 6.08 Å². The molecule has 0 bridgehead atoms. The van der Waals surface area contributed by atoms with Crippen molar-refractivity contribution in [3.63, 3.8) is 0 Å². The zero-order chi connectivity index (χ0) is 13.5. The molecule has 1 aromatic heterocycles. The maximum Gasteiger partial charge on any atom is 0.326 e. The van der Waals surface area contributed by atoms with Gasteiger partial charge in [0.1, 0.15) is 6.04 Å². The summed E-state index contributed by atoms with van der Waals surface area (Å²) in [6.07, 6.45) is 4.00. The minimum atomic E-state index is -1.01. The Morgan fingerprint density at radius 2 is 2.33 bits per heavy atom. The monoisotopic (exact) mass is 268 g/mol. The summed E-state index contributed by atoms with van der Waals surface area (Å²) in [4.78, 5) is 26.5. The fourth-order valence-corrected chi connectivity index (χ4v) is 1.96. The maximum absolute atomic E-state index is 11.5. The van der Waals surface area contributed by atoms with Crippen LogP contribution in [0.5, 0.6) is 0 Å². The van der Waals surface area contributed by atoms with Crippen molar-refractivity contribution in [3.05, 3.63) is 22.2 Å². The lowest BCUT2D eigenvalue weighted by atomic mass is 10.1. The quantitative estimate of drug-likeness (QED) is 0.771. The molecule has 0 radical (unpaired) electrons. The van der Waals surface area contributed by atoms with Gasteiger partial charge in [-0.2, -0.15) is 0 Å².